The number of nitro groups is 1. The molecule has 10 heteroatoms. The van der Waals surface area contributed by atoms with E-state index in [9.17, 15) is 14.9 Å². The molecule has 1 aliphatic heterocycles. The Balaban J connectivity index is 1.61. The number of likely N-dealkylation sites (N-methyl/N-ethyl adjacent to an activating group) is 1. The number of nitro benzene ring substituents is 1. The number of halogens is 1. The molecule has 166 valence electrons. The van der Waals surface area contributed by atoms with Gasteiger partial charge in [0.15, 0.2) is 5.75 Å². The fourth-order valence-electron chi connectivity index (χ4n) is 3.19. The van der Waals surface area contributed by atoms with E-state index in [-0.39, 0.29) is 23.6 Å². The smallest absolute Gasteiger partial charge is 0.311 e. The molecule has 0 atom stereocenters. The van der Waals surface area contributed by atoms with Crippen LogP contribution in [0.1, 0.15) is 22.5 Å². The Hall–Kier alpha value is -2.75. The molecule has 3 rings (SSSR count). The fourth-order valence-corrected chi connectivity index (χ4v) is 3.30. The van der Waals surface area contributed by atoms with Crippen molar-refractivity contribution in [3.8, 4) is 5.75 Å². The third-order valence-electron chi connectivity index (χ3n) is 5.02. The van der Waals surface area contributed by atoms with Crippen LogP contribution in [0.4, 0.5) is 11.4 Å². The van der Waals surface area contributed by atoms with Crippen LogP contribution in [0.3, 0.4) is 0 Å². The third kappa shape index (κ3) is 6.61. The minimum absolute atomic E-state index is 0.113. The predicted octanol–water partition coefficient (Wildman–Crippen LogP) is 3.00. The largest absolute Gasteiger partial charge is 0.487 e. The summed E-state index contributed by atoms with van der Waals surface area (Å²) < 4.78 is 5.40. The van der Waals surface area contributed by atoms with E-state index in [1.54, 1.807) is 12.3 Å². The SMILES string of the molecule is CN1CCN(Cc2ccc(NC(=O)c3ccc(OCCCCl)c([N+](=O)[O-])c3)cn2)CC1. The first-order valence-corrected chi connectivity index (χ1v) is 10.6. The van der Waals surface area contributed by atoms with E-state index in [1.165, 1.54) is 18.2 Å². The van der Waals surface area contributed by atoms with Crippen LogP contribution in [0.15, 0.2) is 36.5 Å². The summed E-state index contributed by atoms with van der Waals surface area (Å²) in [6.07, 6.45) is 2.17. The summed E-state index contributed by atoms with van der Waals surface area (Å²) in [5, 5.41) is 14.1. The Morgan fingerprint density at radius 3 is 2.68 bits per heavy atom. The Kier molecular flexibility index (Phi) is 8.16. The zero-order valence-corrected chi connectivity index (χ0v) is 18.2. The van der Waals surface area contributed by atoms with Crippen LogP contribution in [-0.4, -0.2) is 71.3 Å². The zero-order chi connectivity index (χ0) is 22.2. The highest BCUT2D eigenvalue weighted by Crippen LogP contribution is 2.28. The second-order valence-corrected chi connectivity index (χ2v) is 7.78. The first-order chi connectivity index (χ1) is 15.0. The van der Waals surface area contributed by atoms with Crippen molar-refractivity contribution >= 4 is 28.9 Å². The van der Waals surface area contributed by atoms with Gasteiger partial charge < -0.3 is 15.0 Å². The van der Waals surface area contributed by atoms with Gasteiger partial charge in [-0.3, -0.25) is 24.8 Å². The van der Waals surface area contributed by atoms with Gasteiger partial charge >= 0.3 is 5.69 Å². The number of pyridine rings is 1. The Morgan fingerprint density at radius 1 is 1.26 bits per heavy atom. The summed E-state index contributed by atoms with van der Waals surface area (Å²) >= 11 is 5.60. The van der Waals surface area contributed by atoms with Gasteiger partial charge in [-0.15, -0.1) is 11.6 Å². The molecule has 9 nitrogen and oxygen atoms in total. The average Bonchev–Trinajstić information content (AvgIpc) is 2.77. The maximum absolute atomic E-state index is 12.6. The van der Waals surface area contributed by atoms with Gasteiger partial charge in [0.2, 0.25) is 0 Å². The second kappa shape index (κ2) is 11.0. The minimum Gasteiger partial charge on any atom is -0.487 e. The van der Waals surface area contributed by atoms with E-state index in [1.807, 2.05) is 6.07 Å². The number of alkyl halides is 1. The van der Waals surface area contributed by atoms with Gasteiger partial charge in [-0.05, 0) is 37.7 Å². The van der Waals surface area contributed by atoms with Crippen molar-refractivity contribution in [3.05, 3.63) is 57.9 Å². The number of aromatic nitrogens is 1. The molecule has 1 aromatic carbocycles. The number of nitrogens with zero attached hydrogens (tertiary/aromatic N) is 4. The molecule has 31 heavy (non-hydrogen) atoms. The summed E-state index contributed by atoms with van der Waals surface area (Å²) in [6.45, 7) is 5.11. The number of piperazine rings is 1. The molecule has 1 N–H and O–H groups in total. The molecule has 0 unspecified atom stereocenters. The number of hydrogen-bond acceptors (Lipinski definition) is 7. The van der Waals surface area contributed by atoms with Gasteiger partial charge in [0.1, 0.15) is 0 Å². The average molecular weight is 448 g/mol. The van der Waals surface area contributed by atoms with Crippen LogP contribution < -0.4 is 10.1 Å². The lowest BCUT2D eigenvalue weighted by molar-refractivity contribution is -0.385. The lowest BCUT2D eigenvalue weighted by atomic mass is 10.1. The predicted molar refractivity (Wildman–Crippen MR) is 119 cm³/mol. The second-order valence-electron chi connectivity index (χ2n) is 7.40. The van der Waals surface area contributed by atoms with Crippen LogP contribution in [0.5, 0.6) is 5.75 Å². The number of hydrogen-bond donors (Lipinski definition) is 1. The van der Waals surface area contributed by atoms with E-state index in [4.69, 9.17) is 16.3 Å². The van der Waals surface area contributed by atoms with E-state index >= 15 is 0 Å². The van der Waals surface area contributed by atoms with Crippen LogP contribution >= 0.6 is 11.6 Å². The molecule has 0 bridgehead atoms. The van der Waals surface area contributed by atoms with Gasteiger partial charge in [0.25, 0.3) is 5.91 Å². The fraction of sp³-hybridized carbons (Fsp3) is 0.429. The van der Waals surface area contributed by atoms with Crippen LogP contribution in [0.2, 0.25) is 0 Å². The van der Waals surface area contributed by atoms with Crippen molar-refractivity contribution in [2.75, 3.05) is 51.0 Å². The first-order valence-electron chi connectivity index (χ1n) is 10.1. The molecule has 1 aromatic heterocycles. The molecule has 0 aliphatic carbocycles. The molecule has 0 radical (unpaired) electrons. The van der Waals surface area contributed by atoms with Crippen LogP contribution in [0.25, 0.3) is 0 Å². The van der Waals surface area contributed by atoms with E-state index in [2.05, 4.69) is 27.1 Å². The Morgan fingerprint density at radius 2 is 2.03 bits per heavy atom. The van der Waals surface area contributed by atoms with E-state index in [0.29, 0.717) is 18.0 Å². The first kappa shape index (κ1) is 22.9. The van der Waals surface area contributed by atoms with E-state index in [0.717, 1.165) is 38.4 Å². The van der Waals surface area contributed by atoms with Crippen molar-refractivity contribution in [2.24, 2.45) is 0 Å². The highest BCUT2D eigenvalue weighted by atomic mass is 35.5. The lowest BCUT2D eigenvalue weighted by Crippen LogP contribution is -2.43. The Bertz CT molecular complexity index is 901. The van der Waals surface area contributed by atoms with E-state index < -0.39 is 10.8 Å². The van der Waals surface area contributed by atoms with Crippen LogP contribution in [0, 0.1) is 10.1 Å². The quantitative estimate of drug-likeness (QED) is 0.273. The monoisotopic (exact) mass is 447 g/mol. The number of nitrogens with one attached hydrogen (secondary N) is 1. The molecule has 1 saturated heterocycles. The molecule has 0 saturated carbocycles. The standard InChI is InChI=1S/C21H26ClN5O4/c1-25-8-10-26(11-9-25)15-18-5-4-17(14-23-18)24-21(28)16-3-6-20(31-12-2-7-22)19(13-16)27(29)30/h3-6,13-14H,2,7-12,15H2,1H3,(H,24,28). The van der Waals surface area contributed by atoms with Crippen molar-refractivity contribution < 1.29 is 14.5 Å². The van der Waals surface area contributed by atoms with Gasteiger partial charge in [-0.25, -0.2) is 0 Å². The summed E-state index contributed by atoms with van der Waals surface area (Å²) in [7, 11) is 2.11. The maximum atomic E-state index is 12.6. The van der Waals surface area contributed by atoms with Crippen molar-refractivity contribution in [3.63, 3.8) is 0 Å². The molecular weight excluding hydrogens is 422 g/mol. The minimum atomic E-state index is -0.568. The molecule has 2 heterocycles. The van der Waals surface area contributed by atoms with Crippen LogP contribution in [-0.2, 0) is 6.54 Å². The zero-order valence-electron chi connectivity index (χ0n) is 17.4. The third-order valence-corrected chi connectivity index (χ3v) is 5.28. The summed E-state index contributed by atoms with van der Waals surface area (Å²) in [5.41, 5.74) is 1.36. The molecule has 2 aromatic rings. The summed E-state index contributed by atoms with van der Waals surface area (Å²) in [6, 6.07) is 7.80. The maximum Gasteiger partial charge on any atom is 0.311 e. The normalized spacial score (nSPS) is 14.9. The Labute approximate surface area is 186 Å². The van der Waals surface area contributed by atoms with Gasteiger partial charge in [-0.1, -0.05) is 0 Å². The molecule has 1 fully saturated rings. The summed E-state index contributed by atoms with van der Waals surface area (Å²) in [5.74, 6) is 0.0573. The topological polar surface area (TPSA) is 101 Å². The van der Waals surface area contributed by atoms with Gasteiger partial charge in [-0.2, -0.15) is 0 Å². The number of carbonyl (C=O) groups excluding carboxylic acids is 1. The number of benzene rings is 1. The van der Waals surface area contributed by atoms with Gasteiger partial charge in [0.05, 0.1) is 29.1 Å². The molecular formula is C21H26ClN5O4. The number of ether oxygens (including phenoxy) is 1. The highest BCUT2D eigenvalue weighted by Gasteiger charge is 2.19. The van der Waals surface area contributed by atoms with Gasteiger partial charge in [0, 0.05) is 50.2 Å². The molecule has 1 amide bonds. The highest BCUT2D eigenvalue weighted by molar-refractivity contribution is 6.17. The lowest BCUT2D eigenvalue weighted by Gasteiger charge is -2.32. The molecule has 0 spiro atoms. The number of amides is 1. The molecule has 1 aliphatic rings. The van der Waals surface area contributed by atoms with Crippen molar-refractivity contribution in [1.29, 1.82) is 0 Å². The van der Waals surface area contributed by atoms with Crippen molar-refractivity contribution in [1.82, 2.24) is 14.8 Å². The number of carbonyl (C=O) groups is 1. The number of rotatable bonds is 9. The number of anilines is 1. The summed E-state index contributed by atoms with van der Waals surface area (Å²) in [4.78, 5) is 32.4. The van der Waals surface area contributed by atoms with Crippen molar-refractivity contribution in [2.45, 2.75) is 13.0 Å².